The number of para-hydroxylation sites is 1. The van der Waals surface area contributed by atoms with Gasteiger partial charge in [-0.25, -0.2) is 4.79 Å². The molecule has 0 fully saturated rings. The molecule has 0 saturated heterocycles. The Bertz CT molecular complexity index is 2840. The van der Waals surface area contributed by atoms with Gasteiger partial charge in [-0.3, -0.25) is 9.59 Å². The van der Waals surface area contributed by atoms with Gasteiger partial charge in [0.25, 0.3) is 0 Å². The molecule has 104 radical (unpaired) electrons. The van der Waals surface area contributed by atoms with E-state index in [9.17, 15) is 14.4 Å². The van der Waals surface area contributed by atoms with Gasteiger partial charge in [0.05, 0.1) is 12.4 Å². The third-order valence-electron chi connectivity index (χ3n) is 24.4. The predicted octanol–water partition coefficient (Wildman–Crippen LogP) is -36.5. The fourth-order valence-corrected chi connectivity index (χ4v) is 29.7. The highest BCUT2D eigenvalue weighted by Gasteiger charge is 2.70. The van der Waals surface area contributed by atoms with Crippen LogP contribution in [0.5, 0.6) is 5.75 Å². The summed E-state index contributed by atoms with van der Waals surface area (Å²) < 4.78 is 4.51. The third-order valence-corrected chi connectivity index (χ3v) is 32.7. The molecule has 1 unspecified atom stereocenters. The first-order chi connectivity index (χ1) is 56.9. The SMILES string of the molecule is CC(=O)Oc1ccccc1C(=O)O[C@H](C)[C@H](N)C(=O)O.[B]B([B])B(B([B])[B])B(B(B([B])[B])B([B])[B])B(B(B([B])[B])B([B])[B])B(B(B(B([B])[B])B([B])[B])B(B([B])[B])B([B])[B])P(=S)(I)B(B(B(B(B([B])[B])B([B])[B])B(B([B])[B])B([B])[B])B(B(B([B])[B])B([B])[B])B(B([B])[B])B([B])[B])B(B(B(B([B])[B])B([B])[B])B(B([B])[B])B([B])[B])B(B(B([B])[B])B([B])[B])B(B([B])[B])B([B])[B]. The maximum atomic E-state index is 11.9. The molecule has 3 atom stereocenters. The lowest BCUT2D eigenvalue weighted by atomic mass is 8.26. The van der Waals surface area contributed by atoms with Crippen LogP contribution in [0.25, 0.3) is 0 Å². The standard InChI is InChI=1S/C13H15NO6.B102IPS/c1-7(11(14)12(16)17)19-13(18)9-5-3-4-6-10(9)20-8(2)15;1-53(2)79(54(3)4)92(80(55(5)6)56(7)8)98(91(77(49)50)78(51)52)101(97(89(73(41)42)74(43)44)90(75(45)46)76(47)48)104(103,105)102(99(93(81(57(9)10)58(11)12)82(59(13)14)60(15)16)94(83(61(17)18)62(19)20)84(63(21)22)64(23)24)100(95(85(65(25)26)66(27)28)86(67(29)30)68(31)32)96(87(69(33)34)70(35)36)88(71(37)38)72(39)40/h3-7,11H,14H2,1-2H3,(H,16,17);/t7-,11+;/m1./s1. The zero-order valence-corrected chi connectivity index (χ0v) is 75.0. The van der Waals surface area contributed by atoms with Crippen molar-refractivity contribution in [1.82, 2.24) is 0 Å². The summed E-state index contributed by atoms with van der Waals surface area (Å²) in [6.45, 7) is 2.57. The van der Waals surface area contributed by atoms with E-state index in [0.29, 0.717) is 0 Å². The van der Waals surface area contributed by atoms with Crippen molar-refractivity contribution in [2.75, 3.05) is 0 Å². The normalized spacial score (nSPS) is 10.9. The molecule has 0 aliphatic heterocycles. The number of halogens is 1. The molecular formula is C13H15B102INO6PS. The van der Waals surface area contributed by atoms with Crippen LogP contribution >= 0.6 is 25.5 Å². The van der Waals surface area contributed by atoms with Gasteiger partial charge >= 0.3 is 17.9 Å². The lowest BCUT2D eigenvalue weighted by Gasteiger charge is -2.62. The number of aliphatic carboxylic acids is 1. The number of carboxylic acid groups (broad SMARTS) is 1. The Morgan fingerprint density at radius 2 is 0.440 bits per heavy atom. The van der Waals surface area contributed by atoms with Crippen LogP contribution in [0.1, 0.15) is 24.2 Å². The van der Waals surface area contributed by atoms with Crippen molar-refractivity contribution in [3.63, 3.8) is 0 Å². The van der Waals surface area contributed by atoms with E-state index in [1.54, 1.807) is 12.1 Å². The first-order valence-electron chi connectivity index (χ1n) is 40.0. The van der Waals surface area contributed by atoms with Crippen molar-refractivity contribution in [2.24, 2.45) is 5.73 Å². The smallest absolute Gasteiger partial charge is 0.342 e. The average molecular weight is 1570 g/mol. The Morgan fingerprint density at radius 1 is 0.296 bits per heavy atom. The minimum Gasteiger partial charge on any atom is -0.480 e. The number of carbonyl (C=O) groups is 3. The van der Waals surface area contributed by atoms with Gasteiger partial charge in [0.2, 0.25) is 0 Å². The number of esters is 2. The van der Waals surface area contributed by atoms with Crippen molar-refractivity contribution in [1.29, 1.82) is 0 Å². The van der Waals surface area contributed by atoms with Crippen molar-refractivity contribution >= 4 is 776 Å². The van der Waals surface area contributed by atoms with Crippen molar-refractivity contribution in [3.05, 3.63) is 29.8 Å². The van der Waals surface area contributed by atoms with E-state index in [1.807, 2.05) is 22.0 Å². The number of nitrogens with two attached hydrogens (primary N) is 1. The van der Waals surface area contributed by atoms with Gasteiger partial charge < -0.3 is 20.3 Å². The average Bonchev–Trinajstić information content (AvgIpc) is 0.700. The molecule has 0 saturated carbocycles. The first kappa shape index (κ1) is 131. The molecule has 0 aromatic heterocycles. The van der Waals surface area contributed by atoms with Crippen LogP contribution in [0.2, 0.25) is 0 Å². The summed E-state index contributed by atoms with van der Waals surface area (Å²) in [7, 11) is 370. The van der Waals surface area contributed by atoms with E-state index in [4.69, 9.17) is 434 Å². The number of hydrogen-bond donors (Lipinski definition) is 2. The van der Waals surface area contributed by atoms with E-state index in [1.165, 1.54) is 26.0 Å². The summed E-state index contributed by atoms with van der Waals surface area (Å²) in [6.07, 6.45) is -94.0. The monoisotopic (exact) mass is 1590 g/mol. The van der Waals surface area contributed by atoms with Crippen LogP contribution in [0.15, 0.2) is 24.3 Å². The van der Waals surface area contributed by atoms with E-state index < -0.39 is 352 Å². The quantitative estimate of drug-likeness (QED) is 0.0218. The van der Waals surface area contributed by atoms with Crippen LogP contribution in [0.4, 0.5) is 0 Å². The van der Waals surface area contributed by atoms with E-state index in [-0.39, 0.29) is 11.3 Å². The number of rotatable bonds is 55. The largest absolute Gasteiger partial charge is 0.480 e. The van der Waals surface area contributed by atoms with E-state index in [2.05, 4.69) is 0 Å². The zero-order chi connectivity index (χ0) is 98.7. The summed E-state index contributed by atoms with van der Waals surface area (Å²) in [5.41, 5.74) is 5.36. The fourth-order valence-electron chi connectivity index (χ4n) is 19.7. The molecule has 1 aromatic rings. The van der Waals surface area contributed by atoms with Crippen LogP contribution in [0.3, 0.4) is 0 Å². The Kier molecular flexibility index (Phi) is 62.9. The molecular weight excluding hydrogens is 1560 g/mol. The summed E-state index contributed by atoms with van der Waals surface area (Å²) in [6, 6.07) is 4.64. The van der Waals surface area contributed by atoms with E-state index >= 15 is 0 Å². The van der Waals surface area contributed by atoms with E-state index in [0.717, 1.165) is 0 Å². The van der Waals surface area contributed by atoms with Crippen LogP contribution in [-0.4, -0.2) is 756 Å². The minimum atomic E-state index is -5.30. The van der Waals surface area contributed by atoms with Gasteiger partial charge in [-0.1, -0.05) is 37.6 Å². The lowest BCUT2D eigenvalue weighted by molar-refractivity contribution is -0.141. The molecule has 3 N–H and O–H groups in total. The molecule has 0 aliphatic rings. The number of carbonyl (C=O) groups excluding carboxylic acids is 2. The van der Waals surface area contributed by atoms with Gasteiger partial charge in [-0.05, 0) is 19.1 Å². The maximum Gasteiger partial charge on any atom is 0.342 e. The highest BCUT2D eigenvalue weighted by molar-refractivity contribution is 14.2. The van der Waals surface area contributed by atoms with Crippen LogP contribution in [-0.2, 0) is 26.1 Å². The number of ether oxygens (including phenoxy) is 2. The molecule has 1 rings (SSSR count). The molecule has 0 aliphatic carbocycles. The topological polar surface area (TPSA) is 116 Å². The Morgan fingerprint density at radius 3 is 0.592 bits per heavy atom. The molecule has 432 valence electrons. The highest BCUT2D eigenvalue weighted by atomic mass is 127. The van der Waals surface area contributed by atoms with Gasteiger partial charge in [-0.2, -0.15) is 0 Å². The van der Waals surface area contributed by atoms with Crippen LogP contribution < -0.4 is 10.5 Å². The summed E-state index contributed by atoms with van der Waals surface area (Å²) in [5, 5.41) is 8.72. The molecule has 1 aromatic carbocycles. The van der Waals surface area contributed by atoms with Crippen LogP contribution in [0, 0.1) is 0 Å². The number of benzene rings is 1. The summed E-state index contributed by atoms with van der Waals surface area (Å²) >= 11 is 10.0. The molecule has 125 heavy (non-hydrogen) atoms. The van der Waals surface area contributed by atoms with Gasteiger partial charge in [0.1, 0.15) is 23.5 Å². The van der Waals surface area contributed by atoms with Gasteiger partial charge in [-0.15, -0.1) is 11.8 Å². The lowest BCUT2D eigenvalue weighted by Crippen LogP contribution is -2.96. The Labute approximate surface area is 863 Å². The first-order valence-corrected chi connectivity index (χ1v) is 45.7. The second kappa shape index (κ2) is 60.3. The van der Waals surface area contributed by atoms with Gasteiger partial charge in [0, 0.05) is 716 Å². The third kappa shape index (κ3) is 36.4. The van der Waals surface area contributed by atoms with Crippen molar-refractivity contribution in [2.45, 2.75) is 26.0 Å². The predicted molar refractivity (Wildman–Crippen MR) is 683 cm³/mol. The minimum absolute atomic E-state index is 0.0205. The summed E-state index contributed by atoms with van der Waals surface area (Å²) in [5.74, 6) is -2.63. The Balaban J connectivity index is 0.00000668. The molecule has 0 amide bonds. The molecule has 0 heterocycles. The maximum absolute atomic E-state index is 11.9. The Hall–Kier alpha value is 5.59. The molecule has 7 nitrogen and oxygen atoms in total. The van der Waals surface area contributed by atoms with Crippen molar-refractivity contribution < 1.29 is 29.0 Å². The summed E-state index contributed by atoms with van der Waals surface area (Å²) in [4.78, 5) is 33.5. The molecule has 0 bridgehead atoms. The number of hydrogen-bond acceptors (Lipinski definition) is 7. The highest BCUT2D eigenvalue weighted by Crippen LogP contribution is 2.64. The molecule has 112 heteroatoms. The second-order valence-electron chi connectivity index (χ2n) is 33.4. The second-order valence-corrected chi connectivity index (χ2v) is 44.4. The van der Waals surface area contributed by atoms with Gasteiger partial charge in [0.15, 0.2) is 0 Å². The molecule has 0 spiro atoms. The zero-order valence-electron chi connectivity index (χ0n) is 71.2. The van der Waals surface area contributed by atoms with Crippen molar-refractivity contribution in [3.8, 4) is 5.75 Å². The number of carboxylic acids is 1. The fraction of sp³-hybridized carbons (Fsp3) is 0.308.